The normalized spacial score (nSPS) is 27.9. The maximum atomic E-state index is 11.9. The Morgan fingerprint density at radius 1 is 1.35 bits per heavy atom. The van der Waals surface area contributed by atoms with Crippen molar-refractivity contribution in [3.05, 3.63) is 0 Å². The molecule has 0 aromatic heterocycles. The first-order chi connectivity index (χ1) is 8.24. The van der Waals surface area contributed by atoms with Crippen molar-refractivity contribution in [2.45, 2.75) is 38.1 Å². The zero-order valence-electron chi connectivity index (χ0n) is 10.9. The molecule has 2 aliphatic rings. The summed E-state index contributed by atoms with van der Waals surface area (Å²) in [4.78, 5) is 14.2. The van der Waals surface area contributed by atoms with Crippen LogP contribution in [0.1, 0.15) is 32.1 Å². The van der Waals surface area contributed by atoms with Crippen molar-refractivity contribution in [3.8, 4) is 0 Å². The van der Waals surface area contributed by atoms with Gasteiger partial charge in [0.2, 0.25) is 5.91 Å². The smallest absolute Gasteiger partial charge is 0.220 e. The monoisotopic (exact) mass is 239 g/mol. The van der Waals surface area contributed by atoms with Gasteiger partial charge >= 0.3 is 0 Å². The first-order valence-corrected chi connectivity index (χ1v) is 6.92. The number of carbonyl (C=O) groups is 1. The molecule has 2 saturated heterocycles. The van der Waals surface area contributed by atoms with Gasteiger partial charge < -0.3 is 15.5 Å². The maximum absolute atomic E-state index is 11.9. The van der Waals surface area contributed by atoms with Gasteiger partial charge in [0, 0.05) is 12.5 Å². The van der Waals surface area contributed by atoms with E-state index in [-0.39, 0.29) is 5.91 Å². The standard InChI is InChI=1S/C13H25N3O/c1-16-7-4-12(5-8-16)15-13(17)9-11-3-2-6-14-10-11/h11-12,14H,2-10H2,1H3,(H,15,17). The van der Waals surface area contributed by atoms with E-state index in [1.807, 2.05) is 0 Å². The molecule has 0 radical (unpaired) electrons. The Kier molecular flexibility index (Phi) is 4.80. The van der Waals surface area contributed by atoms with Gasteiger partial charge in [-0.2, -0.15) is 0 Å². The van der Waals surface area contributed by atoms with Crippen LogP contribution in [0.2, 0.25) is 0 Å². The van der Waals surface area contributed by atoms with Crippen molar-refractivity contribution < 1.29 is 4.79 Å². The summed E-state index contributed by atoms with van der Waals surface area (Å²) in [5.41, 5.74) is 0. The van der Waals surface area contributed by atoms with E-state index in [4.69, 9.17) is 0 Å². The number of rotatable bonds is 3. The molecule has 0 aromatic rings. The molecule has 2 heterocycles. The SMILES string of the molecule is CN1CCC(NC(=O)CC2CCCNC2)CC1. The van der Waals surface area contributed by atoms with Crippen LogP contribution in [0.15, 0.2) is 0 Å². The van der Waals surface area contributed by atoms with Gasteiger partial charge in [0.05, 0.1) is 0 Å². The highest BCUT2D eigenvalue weighted by Crippen LogP contribution is 2.15. The second kappa shape index (κ2) is 6.36. The van der Waals surface area contributed by atoms with Crippen LogP contribution in [-0.2, 0) is 4.79 Å². The van der Waals surface area contributed by atoms with E-state index in [0.717, 1.165) is 39.0 Å². The molecule has 2 rings (SSSR count). The van der Waals surface area contributed by atoms with Crippen LogP contribution < -0.4 is 10.6 Å². The van der Waals surface area contributed by atoms with Gasteiger partial charge in [-0.25, -0.2) is 0 Å². The molecule has 0 saturated carbocycles. The molecular weight excluding hydrogens is 214 g/mol. The Morgan fingerprint density at radius 3 is 2.76 bits per heavy atom. The quantitative estimate of drug-likeness (QED) is 0.757. The topological polar surface area (TPSA) is 44.4 Å². The van der Waals surface area contributed by atoms with Crippen LogP contribution >= 0.6 is 0 Å². The van der Waals surface area contributed by atoms with E-state index < -0.39 is 0 Å². The van der Waals surface area contributed by atoms with E-state index in [2.05, 4.69) is 22.6 Å². The molecule has 2 N–H and O–H groups in total. The minimum Gasteiger partial charge on any atom is -0.353 e. The van der Waals surface area contributed by atoms with E-state index in [0.29, 0.717) is 18.4 Å². The first kappa shape index (κ1) is 12.8. The fraction of sp³-hybridized carbons (Fsp3) is 0.923. The van der Waals surface area contributed by atoms with Crippen LogP contribution in [0.5, 0.6) is 0 Å². The maximum Gasteiger partial charge on any atom is 0.220 e. The molecule has 4 nitrogen and oxygen atoms in total. The Morgan fingerprint density at radius 2 is 2.12 bits per heavy atom. The zero-order valence-corrected chi connectivity index (χ0v) is 10.9. The summed E-state index contributed by atoms with van der Waals surface area (Å²) in [6, 6.07) is 0.412. The average molecular weight is 239 g/mol. The van der Waals surface area contributed by atoms with Crippen molar-refractivity contribution in [1.82, 2.24) is 15.5 Å². The van der Waals surface area contributed by atoms with Crippen molar-refractivity contribution in [1.29, 1.82) is 0 Å². The Labute approximate surface area is 104 Å². The number of nitrogens with one attached hydrogen (secondary N) is 2. The predicted octanol–water partition coefficient (Wildman–Crippen LogP) is 0.587. The van der Waals surface area contributed by atoms with Gasteiger partial charge in [0.15, 0.2) is 0 Å². The third-order valence-electron chi connectivity index (χ3n) is 3.96. The number of likely N-dealkylation sites (tertiary alicyclic amines) is 1. The summed E-state index contributed by atoms with van der Waals surface area (Å²) in [5, 5.41) is 6.56. The van der Waals surface area contributed by atoms with Crippen LogP contribution in [0.4, 0.5) is 0 Å². The molecule has 98 valence electrons. The van der Waals surface area contributed by atoms with Gasteiger partial charge in [0.1, 0.15) is 0 Å². The van der Waals surface area contributed by atoms with Crippen LogP contribution in [0, 0.1) is 5.92 Å². The third kappa shape index (κ3) is 4.28. The number of carbonyl (C=O) groups excluding carboxylic acids is 1. The molecular formula is C13H25N3O. The number of hydrogen-bond acceptors (Lipinski definition) is 3. The average Bonchev–Trinajstić information content (AvgIpc) is 2.33. The molecule has 1 amide bonds. The van der Waals surface area contributed by atoms with E-state index in [1.54, 1.807) is 0 Å². The summed E-state index contributed by atoms with van der Waals surface area (Å²) in [5.74, 6) is 0.809. The summed E-state index contributed by atoms with van der Waals surface area (Å²) >= 11 is 0. The van der Waals surface area contributed by atoms with Gasteiger partial charge in [0.25, 0.3) is 0 Å². The van der Waals surface area contributed by atoms with Crippen molar-refractivity contribution in [2.75, 3.05) is 33.2 Å². The number of nitrogens with zero attached hydrogens (tertiary/aromatic N) is 1. The zero-order chi connectivity index (χ0) is 12.1. The van der Waals surface area contributed by atoms with Crippen LogP contribution in [0.3, 0.4) is 0 Å². The molecule has 2 aliphatic heterocycles. The van der Waals surface area contributed by atoms with Gasteiger partial charge in [-0.3, -0.25) is 4.79 Å². The first-order valence-electron chi connectivity index (χ1n) is 6.92. The molecule has 1 unspecified atom stereocenters. The molecule has 0 bridgehead atoms. The Bertz CT molecular complexity index is 243. The third-order valence-corrected chi connectivity index (χ3v) is 3.96. The molecule has 0 aromatic carbocycles. The van der Waals surface area contributed by atoms with E-state index in [1.165, 1.54) is 12.8 Å². The van der Waals surface area contributed by atoms with Crippen molar-refractivity contribution in [3.63, 3.8) is 0 Å². The lowest BCUT2D eigenvalue weighted by Gasteiger charge is -2.30. The Balaban J connectivity index is 1.66. The number of amides is 1. The highest BCUT2D eigenvalue weighted by atomic mass is 16.1. The minimum absolute atomic E-state index is 0.258. The fourth-order valence-electron chi connectivity index (χ4n) is 2.80. The molecule has 2 fully saturated rings. The predicted molar refractivity (Wildman–Crippen MR) is 68.9 cm³/mol. The van der Waals surface area contributed by atoms with E-state index in [9.17, 15) is 4.79 Å². The molecule has 4 heteroatoms. The lowest BCUT2D eigenvalue weighted by atomic mass is 9.95. The number of hydrogen-bond donors (Lipinski definition) is 2. The summed E-state index contributed by atoms with van der Waals surface area (Å²) in [7, 11) is 2.14. The van der Waals surface area contributed by atoms with Crippen molar-refractivity contribution in [2.24, 2.45) is 5.92 Å². The Hall–Kier alpha value is -0.610. The highest BCUT2D eigenvalue weighted by Gasteiger charge is 2.21. The van der Waals surface area contributed by atoms with Crippen molar-refractivity contribution >= 4 is 5.91 Å². The molecule has 17 heavy (non-hydrogen) atoms. The minimum atomic E-state index is 0.258. The van der Waals surface area contributed by atoms with Crippen LogP contribution in [0.25, 0.3) is 0 Å². The van der Waals surface area contributed by atoms with E-state index >= 15 is 0 Å². The molecule has 1 atom stereocenters. The second-order valence-corrected chi connectivity index (χ2v) is 5.56. The van der Waals surface area contributed by atoms with Gasteiger partial charge in [-0.05, 0) is 64.8 Å². The second-order valence-electron chi connectivity index (χ2n) is 5.56. The van der Waals surface area contributed by atoms with Gasteiger partial charge in [-0.1, -0.05) is 0 Å². The lowest BCUT2D eigenvalue weighted by Crippen LogP contribution is -2.44. The fourth-order valence-corrected chi connectivity index (χ4v) is 2.80. The summed E-state index contributed by atoms with van der Waals surface area (Å²) < 4.78 is 0. The highest BCUT2D eigenvalue weighted by molar-refractivity contribution is 5.76. The lowest BCUT2D eigenvalue weighted by molar-refractivity contribution is -0.123. The summed E-state index contributed by atoms with van der Waals surface area (Å²) in [6.45, 7) is 4.35. The number of piperidine rings is 2. The molecule has 0 aliphatic carbocycles. The summed E-state index contributed by atoms with van der Waals surface area (Å²) in [6.07, 6.45) is 5.33. The largest absolute Gasteiger partial charge is 0.353 e. The van der Waals surface area contributed by atoms with Crippen LogP contribution in [-0.4, -0.2) is 50.1 Å². The molecule has 0 spiro atoms. The van der Waals surface area contributed by atoms with Gasteiger partial charge in [-0.15, -0.1) is 0 Å².